The first-order valence-electron chi connectivity index (χ1n) is 22.3. The van der Waals surface area contributed by atoms with Crippen molar-refractivity contribution in [2.45, 2.75) is 133 Å². The number of nitrogens with zero attached hydrogens (tertiary/aromatic N) is 10. The van der Waals surface area contributed by atoms with Gasteiger partial charge in [-0.25, -0.2) is 0 Å². The number of hydrogen-bond donors (Lipinski definition) is 8. The zero-order chi connectivity index (χ0) is 47.2. The van der Waals surface area contributed by atoms with E-state index in [1.807, 2.05) is 0 Å². The number of nitrogens with one attached hydrogen (secondary N) is 5. The van der Waals surface area contributed by atoms with E-state index in [1.165, 1.54) is 38.9 Å². The summed E-state index contributed by atoms with van der Waals surface area (Å²) in [6, 6.07) is 0. The van der Waals surface area contributed by atoms with E-state index < -0.39 is 0 Å². The first-order valence-corrected chi connectivity index (χ1v) is 23.8. The molecule has 0 spiro atoms. The normalized spacial score (nSPS) is 9.89. The Labute approximate surface area is 394 Å². The fraction of sp³-hybridized carbons (Fsp3) is 0.775. The molecule has 0 aliphatic rings. The Morgan fingerprint density at radius 1 is 0.339 bits per heavy atom. The molecule has 22 heteroatoms. The average Bonchev–Trinajstić information content (AvgIpc) is 3.25. The molecular formula is C40H82Cl4N18. The molecule has 62 heavy (non-hydrogen) atoms. The number of anilines is 5. The summed E-state index contributed by atoms with van der Waals surface area (Å²) in [5.74, 6) is 2.84. The first kappa shape index (κ1) is 63.3. The fourth-order valence-electron chi connectivity index (χ4n) is 4.14. The largest absolute Gasteiger partial charge is 0.354 e. The van der Waals surface area contributed by atoms with Crippen LogP contribution in [0.3, 0.4) is 0 Å². The topological polar surface area (TPSA) is 257 Å². The molecule has 0 radical (unpaired) electrons. The summed E-state index contributed by atoms with van der Waals surface area (Å²) in [6.07, 6.45) is 13.0. The Balaban J connectivity index is -0.000000740. The predicted molar refractivity (Wildman–Crippen MR) is 267 cm³/mol. The minimum absolute atomic E-state index is 0.000000000000000444. The highest BCUT2D eigenvalue weighted by molar-refractivity contribution is 6.33. The number of halogens is 4. The second-order valence-corrected chi connectivity index (χ2v) is 14.4. The van der Waals surface area contributed by atoms with E-state index in [9.17, 15) is 0 Å². The number of aromatic nitrogens is 9. The minimum atomic E-state index is 0.000000000000000444. The molecule has 0 aliphatic carbocycles. The Hall–Kier alpha value is -2.97. The maximum atomic E-state index is 5.83. The molecule has 0 bridgehead atoms. The van der Waals surface area contributed by atoms with Crippen LogP contribution in [0.5, 0.6) is 0 Å². The number of nitrogens with two attached hydrogens (primary N) is 3. The van der Waals surface area contributed by atoms with Crippen LogP contribution in [0.1, 0.15) is 133 Å². The predicted octanol–water partition coefficient (Wildman–Crippen LogP) is 8.90. The van der Waals surface area contributed by atoms with Crippen molar-refractivity contribution in [3.05, 3.63) is 21.1 Å². The van der Waals surface area contributed by atoms with E-state index in [0.29, 0.717) is 55.9 Å². The standard InChI is InChI=1S/C13H27N7.C11H20ClN5.C6H15N.C5H12.C3Cl3N3.C2H8N2/c1-3-5-8-15-11-18-12(16-9-6-4-2)20-13(19-11)17-10-7-14;1-3-5-7-13-10-15-9(12)16-11(17-10)14-8-6-4-2;1-4-7(5-2)6-3;1-3-5-4-2;4-1-7-2(5)9-3(6)8-1;3-1-2-4/h3-10,14H2,1-2H3,(H3,15,16,17,18,19,20);3-8H2,1-2H3,(H2,13,14,15,16,17);4-6H2,1-3H3;3-5H2,1-2H3;;1-4H2. The molecule has 11 N–H and O–H groups in total. The van der Waals surface area contributed by atoms with Gasteiger partial charge in [-0.3, -0.25) is 0 Å². The van der Waals surface area contributed by atoms with E-state index in [4.69, 9.17) is 63.6 Å². The molecule has 3 aromatic rings. The van der Waals surface area contributed by atoms with Crippen molar-refractivity contribution >= 4 is 76.1 Å². The van der Waals surface area contributed by atoms with E-state index in [1.54, 1.807) is 0 Å². The molecular weight excluding hydrogens is 874 g/mol. The molecule has 0 saturated carbocycles. The summed E-state index contributed by atoms with van der Waals surface area (Å²) < 4.78 is 0. The zero-order valence-corrected chi connectivity index (χ0v) is 42.3. The third-order valence-corrected chi connectivity index (χ3v) is 8.37. The van der Waals surface area contributed by atoms with Gasteiger partial charge in [-0.15, -0.1) is 0 Å². The fourth-order valence-corrected chi connectivity index (χ4v) is 4.91. The summed E-state index contributed by atoms with van der Waals surface area (Å²) in [7, 11) is 0. The zero-order valence-electron chi connectivity index (χ0n) is 39.3. The summed E-state index contributed by atoms with van der Waals surface area (Å²) in [5, 5.41) is 16.0. The van der Waals surface area contributed by atoms with Crippen LogP contribution in [0.25, 0.3) is 0 Å². The van der Waals surface area contributed by atoms with Gasteiger partial charge in [0.15, 0.2) is 0 Å². The third-order valence-electron chi connectivity index (χ3n) is 7.69. The maximum absolute atomic E-state index is 5.83. The molecule has 0 unspecified atom stereocenters. The Morgan fingerprint density at radius 2 is 0.581 bits per heavy atom. The third kappa shape index (κ3) is 41.1. The van der Waals surface area contributed by atoms with Gasteiger partial charge in [0, 0.05) is 52.4 Å². The van der Waals surface area contributed by atoms with Crippen LogP contribution in [0, 0.1) is 0 Å². The van der Waals surface area contributed by atoms with Crippen LogP contribution in [-0.4, -0.2) is 122 Å². The van der Waals surface area contributed by atoms with Gasteiger partial charge in [0.2, 0.25) is 50.9 Å². The quantitative estimate of drug-likeness (QED) is 0.0369. The van der Waals surface area contributed by atoms with Crippen LogP contribution >= 0.6 is 46.4 Å². The van der Waals surface area contributed by atoms with Crippen molar-refractivity contribution < 1.29 is 0 Å². The maximum Gasteiger partial charge on any atom is 0.229 e. The highest BCUT2D eigenvalue weighted by atomic mass is 35.5. The lowest BCUT2D eigenvalue weighted by molar-refractivity contribution is 0.321. The Morgan fingerprint density at radius 3 is 0.774 bits per heavy atom. The average molecular weight is 957 g/mol. The molecule has 3 aromatic heterocycles. The summed E-state index contributed by atoms with van der Waals surface area (Å²) in [6.45, 7) is 29.0. The van der Waals surface area contributed by atoms with Crippen LogP contribution in [0.4, 0.5) is 29.7 Å². The summed E-state index contributed by atoms with van der Waals surface area (Å²) in [4.78, 5) is 38.1. The van der Waals surface area contributed by atoms with Gasteiger partial charge in [-0.05, 0) is 91.7 Å². The smallest absolute Gasteiger partial charge is 0.229 e. The summed E-state index contributed by atoms with van der Waals surface area (Å²) >= 11 is 21.8. The molecule has 0 aromatic carbocycles. The van der Waals surface area contributed by atoms with Crippen LogP contribution < -0.4 is 43.8 Å². The lowest BCUT2D eigenvalue weighted by Gasteiger charge is -2.13. The molecule has 3 heterocycles. The second kappa shape index (κ2) is 47.5. The van der Waals surface area contributed by atoms with Crippen LogP contribution in [0.15, 0.2) is 0 Å². The van der Waals surface area contributed by atoms with Crippen molar-refractivity contribution in [1.82, 2.24) is 49.8 Å². The lowest BCUT2D eigenvalue weighted by Crippen LogP contribution is -2.21. The van der Waals surface area contributed by atoms with Crippen molar-refractivity contribution in [3.8, 4) is 0 Å². The molecule has 18 nitrogen and oxygen atoms in total. The molecule has 0 aliphatic heterocycles. The van der Waals surface area contributed by atoms with Gasteiger partial charge in [0.05, 0.1) is 0 Å². The van der Waals surface area contributed by atoms with Crippen molar-refractivity contribution in [3.63, 3.8) is 0 Å². The molecule has 0 atom stereocenters. The number of unbranched alkanes of at least 4 members (excludes halogenated alkanes) is 6. The molecule has 0 fully saturated rings. The van der Waals surface area contributed by atoms with E-state index in [-0.39, 0.29) is 21.1 Å². The van der Waals surface area contributed by atoms with Crippen molar-refractivity contribution in [2.24, 2.45) is 17.2 Å². The van der Waals surface area contributed by atoms with Crippen molar-refractivity contribution in [1.29, 1.82) is 0 Å². The van der Waals surface area contributed by atoms with E-state index in [0.717, 1.165) is 77.5 Å². The number of hydrogen-bond acceptors (Lipinski definition) is 18. The van der Waals surface area contributed by atoms with Crippen LogP contribution in [-0.2, 0) is 0 Å². The van der Waals surface area contributed by atoms with Gasteiger partial charge < -0.3 is 48.7 Å². The Kier molecular flexibility index (Phi) is 48.5. The highest BCUT2D eigenvalue weighted by Gasteiger charge is 2.06. The minimum Gasteiger partial charge on any atom is -0.354 e. The summed E-state index contributed by atoms with van der Waals surface area (Å²) in [5.41, 5.74) is 15.3. The first-order chi connectivity index (χ1) is 29.9. The Bertz CT molecular complexity index is 1300. The highest BCUT2D eigenvalue weighted by Crippen LogP contribution is 2.12. The molecule has 0 amide bonds. The van der Waals surface area contributed by atoms with E-state index in [2.05, 4.69) is 139 Å². The molecule has 3 rings (SSSR count). The van der Waals surface area contributed by atoms with Gasteiger partial charge in [-0.2, -0.15) is 44.9 Å². The molecule has 0 saturated heterocycles. The van der Waals surface area contributed by atoms with Gasteiger partial charge in [0.25, 0.3) is 0 Å². The van der Waals surface area contributed by atoms with Gasteiger partial charge in [-0.1, -0.05) is 107 Å². The van der Waals surface area contributed by atoms with Gasteiger partial charge in [0.1, 0.15) is 0 Å². The monoisotopic (exact) mass is 955 g/mol. The van der Waals surface area contributed by atoms with Gasteiger partial charge >= 0.3 is 0 Å². The van der Waals surface area contributed by atoms with Crippen LogP contribution in [0.2, 0.25) is 21.1 Å². The van der Waals surface area contributed by atoms with E-state index >= 15 is 0 Å². The van der Waals surface area contributed by atoms with Crippen molar-refractivity contribution in [2.75, 3.05) is 98.6 Å². The number of rotatable bonds is 25. The SMILES string of the molecule is CCCCC.CCCCNc1nc(Cl)nc(NCCCC)n1.CCCCNc1nc(NCCN)nc(NCCCC)n1.CCN(CC)CC.Clc1nc(Cl)nc(Cl)n1.NCCN. The lowest BCUT2D eigenvalue weighted by atomic mass is 10.3. The molecule has 360 valence electrons. The second-order valence-electron chi connectivity index (χ2n) is 13.1.